The third kappa shape index (κ3) is 3.82. The number of ketones is 2. The van der Waals surface area contributed by atoms with E-state index in [1.54, 1.807) is 0 Å². The molecule has 0 spiro atoms. The largest absolute Gasteiger partial charge is 0.355 e. The Balaban J connectivity index is 2.15. The molecule has 1 aromatic carbocycles. The van der Waals surface area contributed by atoms with Gasteiger partial charge in [0.2, 0.25) is 0 Å². The second kappa shape index (κ2) is 7.58. The van der Waals surface area contributed by atoms with Crippen LogP contribution in [0, 0.1) is 19.8 Å². The zero-order valence-electron chi connectivity index (χ0n) is 15.1. The molecule has 0 unspecified atom stereocenters. The van der Waals surface area contributed by atoms with Gasteiger partial charge in [-0.3, -0.25) is 9.59 Å². The first-order chi connectivity index (χ1) is 11.3. The fraction of sp³-hybridized carbons (Fsp3) is 0.400. The van der Waals surface area contributed by atoms with Crippen LogP contribution in [0.15, 0.2) is 30.3 Å². The van der Waals surface area contributed by atoms with Crippen LogP contribution in [-0.2, 0) is 0 Å². The fourth-order valence-electron chi connectivity index (χ4n) is 3.25. The van der Waals surface area contributed by atoms with E-state index in [1.807, 2.05) is 32.0 Å². The van der Waals surface area contributed by atoms with Crippen molar-refractivity contribution in [2.45, 2.75) is 40.7 Å². The van der Waals surface area contributed by atoms with Gasteiger partial charge in [0.05, 0.1) is 12.2 Å². The maximum absolute atomic E-state index is 12.6. The summed E-state index contributed by atoms with van der Waals surface area (Å²) in [6, 6.07) is 10.2. The van der Waals surface area contributed by atoms with Crippen LogP contribution in [0.5, 0.6) is 0 Å². The molecule has 0 fully saturated rings. The Morgan fingerprint density at radius 3 is 2.25 bits per heavy atom. The molecule has 24 heavy (non-hydrogen) atoms. The maximum Gasteiger partial charge on any atom is 0.193 e. The van der Waals surface area contributed by atoms with Gasteiger partial charge in [-0.05, 0) is 37.8 Å². The summed E-state index contributed by atoms with van der Waals surface area (Å²) in [7, 11) is 0. The van der Waals surface area contributed by atoms with Crippen molar-refractivity contribution in [3.8, 4) is 0 Å². The first-order valence-electron chi connectivity index (χ1n) is 8.34. The number of carbonyl (C=O) groups is 2. The summed E-state index contributed by atoms with van der Waals surface area (Å²) in [5.41, 5.74) is 3.83. The molecule has 128 valence electrons. The predicted molar refractivity (Wildman–Crippen MR) is 96.6 cm³/mol. The van der Waals surface area contributed by atoms with E-state index in [0.717, 1.165) is 11.3 Å². The lowest BCUT2D eigenvalue weighted by Crippen LogP contribution is -2.31. The summed E-state index contributed by atoms with van der Waals surface area (Å²) in [6.07, 6.45) is 0. The molecule has 0 radical (unpaired) electrons. The zero-order valence-corrected chi connectivity index (χ0v) is 15.1. The van der Waals surface area contributed by atoms with E-state index in [4.69, 9.17) is 0 Å². The first-order valence-corrected chi connectivity index (χ1v) is 8.34. The Morgan fingerprint density at radius 2 is 1.75 bits per heavy atom. The van der Waals surface area contributed by atoms with Crippen molar-refractivity contribution >= 4 is 11.6 Å². The van der Waals surface area contributed by atoms with E-state index in [9.17, 15) is 9.59 Å². The highest BCUT2D eigenvalue weighted by Crippen LogP contribution is 2.22. The molecule has 0 aliphatic carbocycles. The van der Waals surface area contributed by atoms with Crippen molar-refractivity contribution in [1.29, 1.82) is 0 Å². The number of benzene rings is 1. The normalized spacial score (nSPS) is 12.4. The molecule has 2 rings (SSSR count). The first kappa shape index (κ1) is 18.1. The number of hydrogen-bond donors (Lipinski definition) is 2. The van der Waals surface area contributed by atoms with Gasteiger partial charge < -0.3 is 10.3 Å². The molecule has 2 aromatic rings. The molecule has 1 heterocycles. The van der Waals surface area contributed by atoms with Crippen LogP contribution < -0.4 is 5.32 Å². The Hall–Kier alpha value is -2.20. The summed E-state index contributed by atoms with van der Waals surface area (Å²) >= 11 is 0. The number of aromatic nitrogens is 1. The lowest BCUT2D eigenvalue weighted by molar-refractivity contribution is 0.0979. The van der Waals surface area contributed by atoms with Gasteiger partial charge in [0.25, 0.3) is 0 Å². The second-order valence-electron chi connectivity index (χ2n) is 6.62. The summed E-state index contributed by atoms with van der Waals surface area (Å²) in [6.45, 7) is 9.68. The predicted octanol–water partition coefficient (Wildman–Crippen LogP) is 4.00. The van der Waals surface area contributed by atoms with Crippen LogP contribution in [0.1, 0.15) is 64.5 Å². The van der Waals surface area contributed by atoms with Gasteiger partial charge in [-0.25, -0.2) is 0 Å². The highest BCUT2D eigenvalue weighted by Gasteiger charge is 2.21. The smallest absolute Gasteiger partial charge is 0.193 e. The number of hydrogen-bond acceptors (Lipinski definition) is 3. The van der Waals surface area contributed by atoms with Crippen LogP contribution in [0.25, 0.3) is 0 Å². The molecular formula is C20H26N2O2. The Kier molecular flexibility index (Phi) is 5.73. The number of Topliss-reactive ketones (excluding diaryl/α,β-unsaturated/α-hetero) is 2. The standard InChI is InChI=1S/C20H26N2O2/c1-12(2)19(16-9-7-6-8-10-16)21-11-17(24)20-13(3)18(15(5)23)14(4)22-20/h6-10,12,19,21-22H,11H2,1-5H3/t19-/m0/s1. The molecule has 4 nitrogen and oxygen atoms in total. The quantitative estimate of drug-likeness (QED) is 0.756. The third-order valence-electron chi connectivity index (χ3n) is 4.38. The number of carbonyl (C=O) groups excluding carboxylic acids is 2. The minimum absolute atomic E-state index is 0.0161. The van der Waals surface area contributed by atoms with Crippen molar-refractivity contribution in [2.24, 2.45) is 5.92 Å². The number of nitrogens with one attached hydrogen (secondary N) is 2. The van der Waals surface area contributed by atoms with Crippen molar-refractivity contribution in [1.82, 2.24) is 10.3 Å². The molecule has 0 aliphatic rings. The molecule has 0 saturated heterocycles. The lowest BCUT2D eigenvalue weighted by atomic mass is 9.96. The summed E-state index contributed by atoms with van der Waals surface area (Å²) in [5, 5.41) is 3.36. The molecule has 1 aromatic heterocycles. The van der Waals surface area contributed by atoms with Gasteiger partial charge >= 0.3 is 0 Å². The monoisotopic (exact) mass is 326 g/mol. The Morgan fingerprint density at radius 1 is 1.12 bits per heavy atom. The molecule has 1 atom stereocenters. The van der Waals surface area contributed by atoms with Crippen molar-refractivity contribution in [3.05, 3.63) is 58.4 Å². The zero-order chi connectivity index (χ0) is 17.9. The molecule has 4 heteroatoms. The van der Waals surface area contributed by atoms with Crippen molar-refractivity contribution in [2.75, 3.05) is 6.54 Å². The minimum atomic E-state index is -0.0234. The average Bonchev–Trinajstić information content (AvgIpc) is 2.83. The Bertz CT molecular complexity index is 730. The second-order valence-corrected chi connectivity index (χ2v) is 6.62. The summed E-state index contributed by atoms with van der Waals surface area (Å²) < 4.78 is 0. The van der Waals surface area contributed by atoms with Gasteiger partial charge in [0.15, 0.2) is 11.6 Å². The van der Waals surface area contributed by atoms with Gasteiger partial charge in [0, 0.05) is 17.3 Å². The van der Waals surface area contributed by atoms with Crippen LogP contribution in [0.3, 0.4) is 0 Å². The van der Waals surface area contributed by atoms with Crippen LogP contribution in [0.2, 0.25) is 0 Å². The molecule has 2 N–H and O–H groups in total. The van der Waals surface area contributed by atoms with Crippen molar-refractivity contribution < 1.29 is 9.59 Å². The third-order valence-corrected chi connectivity index (χ3v) is 4.38. The molecule has 0 saturated carbocycles. The Labute approximate surface area is 143 Å². The maximum atomic E-state index is 12.6. The van der Waals surface area contributed by atoms with Crippen LogP contribution in [0.4, 0.5) is 0 Å². The van der Waals surface area contributed by atoms with E-state index in [0.29, 0.717) is 17.2 Å². The van der Waals surface area contributed by atoms with Gasteiger partial charge in [-0.15, -0.1) is 0 Å². The fourth-order valence-corrected chi connectivity index (χ4v) is 3.25. The number of H-pyrrole nitrogens is 1. The van der Waals surface area contributed by atoms with E-state index in [2.05, 4.69) is 36.3 Å². The van der Waals surface area contributed by atoms with Crippen LogP contribution >= 0.6 is 0 Å². The molecule has 0 amide bonds. The molecule has 0 bridgehead atoms. The van der Waals surface area contributed by atoms with Gasteiger partial charge in [-0.1, -0.05) is 44.2 Å². The highest BCUT2D eigenvalue weighted by molar-refractivity contribution is 6.03. The lowest BCUT2D eigenvalue weighted by Gasteiger charge is -2.22. The van der Waals surface area contributed by atoms with Crippen LogP contribution in [-0.4, -0.2) is 23.1 Å². The average molecular weight is 326 g/mol. The topological polar surface area (TPSA) is 62.0 Å². The SMILES string of the molecule is CC(=O)c1c(C)[nH]c(C(=O)CN[C@H](c2ccccc2)C(C)C)c1C. The van der Waals surface area contributed by atoms with E-state index < -0.39 is 0 Å². The van der Waals surface area contributed by atoms with E-state index in [-0.39, 0.29) is 24.2 Å². The van der Waals surface area contributed by atoms with Gasteiger partial charge in [0.1, 0.15) is 0 Å². The number of aromatic amines is 1. The summed E-state index contributed by atoms with van der Waals surface area (Å²) in [5.74, 6) is 0.321. The number of rotatable bonds is 7. The summed E-state index contributed by atoms with van der Waals surface area (Å²) in [4.78, 5) is 27.4. The van der Waals surface area contributed by atoms with E-state index in [1.165, 1.54) is 12.5 Å². The number of aryl methyl sites for hydroxylation is 1. The van der Waals surface area contributed by atoms with Gasteiger partial charge in [-0.2, -0.15) is 0 Å². The molecular weight excluding hydrogens is 300 g/mol. The highest BCUT2D eigenvalue weighted by atomic mass is 16.1. The van der Waals surface area contributed by atoms with Crippen molar-refractivity contribution in [3.63, 3.8) is 0 Å². The van der Waals surface area contributed by atoms with E-state index >= 15 is 0 Å². The molecule has 0 aliphatic heterocycles. The minimum Gasteiger partial charge on any atom is -0.355 e.